The number of rotatable bonds is 3. The van der Waals surface area contributed by atoms with Gasteiger partial charge in [-0.05, 0) is 46.3 Å². The lowest BCUT2D eigenvalue weighted by Gasteiger charge is -2.28. The first-order chi connectivity index (χ1) is 12.6. The lowest BCUT2D eigenvalue weighted by atomic mass is 9.79. The molecule has 4 rings (SSSR count). The van der Waals surface area contributed by atoms with Crippen LogP contribution in [-0.4, -0.2) is 26.0 Å². The van der Waals surface area contributed by atoms with Gasteiger partial charge in [-0.3, -0.25) is 4.79 Å². The normalized spacial score (nSPS) is 17.9. The molecule has 128 valence electrons. The number of halogens is 2. The second-order valence-electron chi connectivity index (χ2n) is 6.00. The van der Waals surface area contributed by atoms with Crippen molar-refractivity contribution >= 4 is 37.6 Å². The third-order valence-corrected chi connectivity index (χ3v) is 5.52. The van der Waals surface area contributed by atoms with Crippen LogP contribution in [0.1, 0.15) is 40.0 Å². The Hall–Kier alpha value is -2.37. The summed E-state index contributed by atoms with van der Waals surface area (Å²) in [5, 5.41) is 21.5. The van der Waals surface area contributed by atoms with E-state index in [1.807, 2.05) is 30.3 Å². The molecule has 0 unspecified atom stereocenters. The van der Waals surface area contributed by atoms with E-state index in [1.165, 1.54) is 0 Å². The Morgan fingerprint density at radius 3 is 2.62 bits per heavy atom. The molecule has 2 heterocycles. The fraction of sp³-hybridized carbons (Fsp3) is 0.167. The first-order valence-electron chi connectivity index (χ1n) is 7.85. The van der Waals surface area contributed by atoms with Gasteiger partial charge in [-0.25, -0.2) is 0 Å². The number of nitrogens with zero attached hydrogens (tertiary/aromatic N) is 5. The number of Topliss-reactive ketones (excluding diaryl/α,β-unsaturated/α-hetero) is 1. The maximum atomic E-state index is 12.8. The van der Waals surface area contributed by atoms with Gasteiger partial charge in [-0.15, -0.1) is 5.10 Å². The first-order valence-corrected chi connectivity index (χ1v) is 9.43. The largest absolute Gasteiger partial charge is 0.294 e. The van der Waals surface area contributed by atoms with Gasteiger partial charge in [0, 0.05) is 26.8 Å². The lowest BCUT2D eigenvalue weighted by molar-refractivity contribution is 0.0970. The van der Waals surface area contributed by atoms with E-state index in [4.69, 9.17) is 0 Å². The summed E-state index contributed by atoms with van der Waals surface area (Å²) in [6.45, 7) is 0. The second-order valence-corrected chi connectivity index (χ2v) is 7.83. The van der Waals surface area contributed by atoms with E-state index in [2.05, 4.69) is 53.5 Å². The van der Waals surface area contributed by atoms with E-state index in [9.17, 15) is 10.1 Å². The number of carbonyl (C=O) groups excluding carboxylic acids is 1. The average Bonchev–Trinajstić information content (AvgIpc) is 3.12. The molecule has 6 nitrogen and oxygen atoms in total. The molecule has 1 aromatic heterocycles. The zero-order valence-electron chi connectivity index (χ0n) is 13.3. The Bertz CT molecular complexity index is 1040. The molecule has 0 spiro atoms. The highest BCUT2D eigenvalue weighted by atomic mass is 79.9. The molecule has 0 saturated heterocycles. The van der Waals surface area contributed by atoms with Gasteiger partial charge < -0.3 is 0 Å². The van der Waals surface area contributed by atoms with Crippen molar-refractivity contribution < 1.29 is 4.79 Å². The molecule has 8 heteroatoms. The topological polar surface area (TPSA) is 84.5 Å². The minimum Gasteiger partial charge on any atom is -0.294 e. The van der Waals surface area contributed by atoms with Gasteiger partial charge in [0.05, 0.1) is 11.8 Å². The summed E-state index contributed by atoms with van der Waals surface area (Å²) >= 11 is 6.85. The maximum Gasteiger partial charge on any atom is 0.174 e. The third kappa shape index (κ3) is 2.87. The molecule has 0 aliphatic carbocycles. The Balaban J connectivity index is 1.77. The Labute approximate surface area is 166 Å². The van der Waals surface area contributed by atoms with Crippen molar-refractivity contribution in [3.63, 3.8) is 0 Å². The molecule has 26 heavy (non-hydrogen) atoms. The summed E-state index contributed by atoms with van der Waals surface area (Å²) in [5.41, 5.74) is 2.30. The summed E-state index contributed by atoms with van der Waals surface area (Å²) in [4.78, 5) is 12.8. The highest BCUT2D eigenvalue weighted by Crippen LogP contribution is 2.43. The molecule has 0 bridgehead atoms. The van der Waals surface area contributed by atoms with Crippen molar-refractivity contribution in [2.24, 2.45) is 0 Å². The highest BCUT2D eigenvalue weighted by molar-refractivity contribution is 9.10. The maximum absolute atomic E-state index is 12.8. The molecule has 0 saturated carbocycles. The fourth-order valence-electron chi connectivity index (χ4n) is 3.26. The standard InChI is InChI=1S/C18H11Br2N5O/c19-11-3-1-10(2-4-11)17(26)8-13-14-7-12(20)5-6-16(14)25-18(15(13)9-21)22-23-24-25/h1-7,13,15H,8H2/t13-,15+/m1/s1. The quantitative estimate of drug-likeness (QED) is 0.534. The van der Waals surface area contributed by atoms with Crippen LogP contribution in [0.25, 0.3) is 5.69 Å². The minimum atomic E-state index is -0.591. The molecule has 3 aromatic rings. The number of hydrogen-bond donors (Lipinski definition) is 0. The Morgan fingerprint density at radius 2 is 1.88 bits per heavy atom. The number of aromatic nitrogens is 4. The van der Waals surface area contributed by atoms with Gasteiger partial charge in [0.25, 0.3) is 0 Å². The molecular formula is C18H11Br2N5O. The lowest BCUT2D eigenvalue weighted by Crippen LogP contribution is -2.25. The van der Waals surface area contributed by atoms with Crippen LogP contribution in [0.5, 0.6) is 0 Å². The molecule has 0 fully saturated rings. The predicted molar refractivity (Wildman–Crippen MR) is 101 cm³/mol. The van der Waals surface area contributed by atoms with E-state index in [0.717, 1.165) is 20.2 Å². The SMILES string of the molecule is N#C[C@@H]1c2nnnn2-c2ccc(Br)cc2[C@H]1CC(=O)c1ccc(Br)cc1. The first kappa shape index (κ1) is 17.1. The molecule has 1 aliphatic heterocycles. The summed E-state index contributed by atoms with van der Waals surface area (Å²) in [5.74, 6) is -0.459. The van der Waals surface area contributed by atoms with Crippen LogP contribution in [0.4, 0.5) is 0 Å². The average molecular weight is 473 g/mol. The van der Waals surface area contributed by atoms with Crippen LogP contribution >= 0.6 is 31.9 Å². The van der Waals surface area contributed by atoms with Crippen molar-refractivity contribution in [2.45, 2.75) is 18.3 Å². The van der Waals surface area contributed by atoms with E-state index >= 15 is 0 Å². The zero-order valence-corrected chi connectivity index (χ0v) is 16.5. The minimum absolute atomic E-state index is 0.0189. The molecule has 2 atom stereocenters. The van der Waals surface area contributed by atoms with Crippen LogP contribution in [0.15, 0.2) is 51.4 Å². The second kappa shape index (κ2) is 6.74. The van der Waals surface area contributed by atoms with Crippen molar-refractivity contribution in [1.82, 2.24) is 20.2 Å². The van der Waals surface area contributed by atoms with Crippen molar-refractivity contribution in [2.75, 3.05) is 0 Å². The molecular weight excluding hydrogens is 462 g/mol. The van der Waals surface area contributed by atoms with Crippen LogP contribution in [0.3, 0.4) is 0 Å². The molecule has 2 aromatic carbocycles. The Morgan fingerprint density at radius 1 is 1.15 bits per heavy atom. The fourth-order valence-corrected chi connectivity index (χ4v) is 3.91. The number of benzene rings is 2. The van der Waals surface area contributed by atoms with E-state index in [-0.39, 0.29) is 18.1 Å². The van der Waals surface area contributed by atoms with Crippen molar-refractivity contribution in [1.29, 1.82) is 5.26 Å². The van der Waals surface area contributed by atoms with Gasteiger partial charge in [0.1, 0.15) is 5.92 Å². The van der Waals surface area contributed by atoms with Crippen LogP contribution < -0.4 is 0 Å². The highest BCUT2D eigenvalue weighted by Gasteiger charge is 2.38. The monoisotopic (exact) mass is 471 g/mol. The number of fused-ring (bicyclic) bond motifs is 3. The molecule has 1 aliphatic rings. The van der Waals surface area contributed by atoms with Crippen LogP contribution in [0, 0.1) is 11.3 Å². The van der Waals surface area contributed by atoms with Crippen molar-refractivity contribution in [3.05, 3.63) is 68.4 Å². The van der Waals surface area contributed by atoms with E-state index in [0.29, 0.717) is 11.4 Å². The summed E-state index contributed by atoms with van der Waals surface area (Å²) < 4.78 is 3.37. The van der Waals surface area contributed by atoms with Gasteiger partial charge in [0.2, 0.25) is 0 Å². The summed E-state index contributed by atoms with van der Waals surface area (Å²) in [6.07, 6.45) is 0.205. The number of tetrazole rings is 1. The van der Waals surface area contributed by atoms with E-state index in [1.54, 1.807) is 16.8 Å². The number of hydrogen-bond acceptors (Lipinski definition) is 5. The number of nitriles is 1. The number of ketones is 1. The van der Waals surface area contributed by atoms with Crippen molar-refractivity contribution in [3.8, 4) is 11.8 Å². The zero-order chi connectivity index (χ0) is 18.3. The van der Waals surface area contributed by atoms with E-state index < -0.39 is 5.92 Å². The molecule has 0 amide bonds. The summed E-state index contributed by atoms with van der Waals surface area (Å²) in [6, 6.07) is 15.2. The summed E-state index contributed by atoms with van der Waals surface area (Å²) in [7, 11) is 0. The molecule has 0 radical (unpaired) electrons. The van der Waals surface area contributed by atoms with Gasteiger partial charge >= 0.3 is 0 Å². The van der Waals surface area contributed by atoms with Crippen LogP contribution in [0.2, 0.25) is 0 Å². The Kier molecular flexibility index (Phi) is 4.42. The van der Waals surface area contributed by atoms with Gasteiger partial charge in [-0.1, -0.05) is 44.0 Å². The molecule has 0 N–H and O–H groups in total. The van der Waals surface area contributed by atoms with Gasteiger partial charge in [0.15, 0.2) is 11.6 Å². The third-order valence-electron chi connectivity index (χ3n) is 4.50. The van der Waals surface area contributed by atoms with Crippen LogP contribution in [-0.2, 0) is 0 Å². The predicted octanol–water partition coefficient (Wildman–Crippen LogP) is 4.16. The van der Waals surface area contributed by atoms with Gasteiger partial charge in [-0.2, -0.15) is 9.94 Å². The smallest absolute Gasteiger partial charge is 0.174 e. The number of carbonyl (C=O) groups is 1.